The van der Waals surface area contributed by atoms with E-state index >= 15 is 0 Å². The molecule has 0 bridgehead atoms. The minimum Gasteiger partial charge on any atom is -0.388 e. The number of amides is 1. The number of nitrogens with zero attached hydrogens (tertiary/aromatic N) is 5. The minimum atomic E-state index is -2.91. The summed E-state index contributed by atoms with van der Waals surface area (Å²) in [5, 5.41) is 17.6. The Morgan fingerprint density at radius 1 is 1.20 bits per heavy atom. The Morgan fingerprint density at radius 3 is 2.68 bits per heavy atom. The predicted molar refractivity (Wildman–Crippen MR) is 149 cm³/mol. The first-order chi connectivity index (χ1) is 19.6. The number of likely N-dealkylation sites (tertiary alicyclic amines) is 1. The van der Waals surface area contributed by atoms with Crippen molar-refractivity contribution in [1.82, 2.24) is 24.2 Å². The molecule has 6 rings (SSSR count). The molecule has 2 aliphatic rings. The van der Waals surface area contributed by atoms with Crippen LogP contribution in [0.25, 0.3) is 21.3 Å². The largest absolute Gasteiger partial charge is 0.388 e. The van der Waals surface area contributed by atoms with Crippen molar-refractivity contribution < 1.29 is 23.1 Å². The molecule has 0 saturated carbocycles. The summed E-state index contributed by atoms with van der Waals surface area (Å²) in [6.45, 7) is 0.235. The fourth-order valence-corrected chi connectivity index (χ4v) is 7.27. The zero-order valence-corrected chi connectivity index (χ0v) is 23.5. The van der Waals surface area contributed by atoms with Gasteiger partial charge in [0.25, 0.3) is 12.0 Å². The lowest BCUT2D eigenvalue weighted by molar-refractivity contribution is -0.138. The molecule has 8 nitrogen and oxygen atoms in total. The van der Waals surface area contributed by atoms with Gasteiger partial charge in [0.05, 0.1) is 45.7 Å². The van der Waals surface area contributed by atoms with E-state index in [1.165, 1.54) is 32.7 Å². The number of fused-ring (bicyclic) bond motifs is 2. The van der Waals surface area contributed by atoms with E-state index in [9.17, 15) is 27.9 Å². The first-order valence-corrected chi connectivity index (χ1v) is 14.7. The third-order valence-corrected chi connectivity index (χ3v) is 9.58. The normalized spacial score (nSPS) is 17.4. The molecule has 4 aromatic rings. The van der Waals surface area contributed by atoms with E-state index < -0.39 is 36.3 Å². The number of benzene rings is 1. The third kappa shape index (κ3) is 5.28. The molecule has 1 saturated heterocycles. The average Bonchev–Trinajstić information content (AvgIpc) is 3.69. The van der Waals surface area contributed by atoms with Crippen molar-refractivity contribution in [3.8, 4) is 10.4 Å². The van der Waals surface area contributed by atoms with E-state index in [1.807, 2.05) is 6.07 Å². The maximum Gasteiger partial charge on any atom is 0.262 e. The number of rotatable bonds is 7. The van der Waals surface area contributed by atoms with Crippen molar-refractivity contribution in [3.05, 3.63) is 68.6 Å². The van der Waals surface area contributed by atoms with Gasteiger partial charge in [-0.2, -0.15) is 4.39 Å². The lowest BCUT2D eigenvalue weighted by atomic mass is 9.91. The highest BCUT2D eigenvalue weighted by Gasteiger charge is 2.36. The van der Waals surface area contributed by atoms with Crippen LogP contribution in [0.5, 0.6) is 0 Å². The van der Waals surface area contributed by atoms with Gasteiger partial charge < -0.3 is 10.0 Å². The van der Waals surface area contributed by atoms with Gasteiger partial charge in [-0.25, -0.2) is 13.8 Å². The van der Waals surface area contributed by atoms with Crippen molar-refractivity contribution in [2.75, 3.05) is 13.1 Å². The zero-order valence-electron chi connectivity index (χ0n) is 21.9. The molecular weight excluding hydrogens is 579 g/mol. The van der Waals surface area contributed by atoms with Crippen molar-refractivity contribution in [2.45, 2.75) is 63.1 Å². The van der Waals surface area contributed by atoms with Crippen molar-refractivity contribution in [1.29, 1.82) is 0 Å². The number of carbonyl (C=O) groups is 1. The van der Waals surface area contributed by atoms with Gasteiger partial charge in [-0.15, -0.1) is 16.4 Å². The van der Waals surface area contributed by atoms with Crippen LogP contribution in [0.3, 0.4) is 0 Å². The molecule has 4 heterocycles. The highest BCUT2D eigenvalue weighted by Crippen LogP contribution is 2.41. The second-order valence-corrected chi connectivity index (χ2v) is 12.0. The first kappa shape index (κ1) is 27.9. The van der Waals surface area contributed by atoms with E-state index in [1.54, 1.807) is 5.38 Å². The summed E-state index contributed by atoms with van der Waals surface area (Å²) in [6.07, 6.45) is 2.37. The SMILES string of the molecule is O=C(CC(C(F)F)n1ccc(F)n1)N1CCC(O)(Cn2cnc3c(-c4ccc5c(c4Cl)CCC5)scc3c2=O)CC1. The molecule has 3 aromatic heterocycles. The molecule has 1 atom stereocenters. The minimum absolute atomic E-state index is 0.0200. The van der Waals surface area contributed by atoms with Gasteiger partial charge >= 0.3 is 0 Å². The molecule has 13 heteroatoms. The van der Waals surface area contributed by atoms with E-state index in [-0.39, 0.29) is 38.0 Å². The molecule has 1 unspecified atom stereocenters. The molecule has 1 aromatic carbocycles. The summed E-state index contributed by atoms with van der Waals surface area (Å²) in [7, 11) is 0. The van der Waals surface area contributed by atoms with Gasteiger partial charge in [0.1, 0.15) is 6.04 Å². The molecule has 1 N–H and O–H groups in total. The van der Waals surface area contributed by atoms with Crippen molar-refractivity contribution in [2.24, 2.45) is 0 Å². The molecule has 1 amide bonds. The van der Waals surface area contributed by atoms with Crippen LogP contribution in [0.15, 0.2) is 40.9 Å². The molecule has 0 spiro atoms. The third-order valence-electron chi connectivity index (χ3n) is 8.14. The number of carbonyl (C=O) groups excluding carboxylic acids is 1. The summed E-state index contributed by atoms with van der Waals surface area (Å²) in [4.78, 5) is 32.9. The van der Waals surface area contributed by atoms with Crippen LogP contribution in [-0.4, -0.2) is 60.4 Å². The molecule has 41 heavy (non-hydrogen) atoms. The quantitative estimate of drug-likeness (QED) is 0.325. The van der Waals surface area contributed by atoms with Crippen LogP contribution >= 0.6 is 22.9 Å². The average molecular weight is 606 g/mol. The highest BCUT2D eigenvalue weighted by molar-refractivity contribution is 7.15. The number of alkyl halides is 2. The van der Waals surface area contributed by atoms with Gasteiger partial charge in [0, 0.05) is 36.3 Å². The lowest BCUT2D eigenvalue weighted by Gasteiger charge is -2.38. The van der Waals surface area contributed by atoms with Gasteiger partial charge in [-0.3, -0.25) is 18.8 Å². The molecule has 1 aliphatic heterocycles. The zero-order chi connectivity index (χ0) is 28.9. The number of hydrogen-bond acceptors (Lipinski definition) is 6. The van der Waals surface area contributed by atoms with E-state index in [0.29, 0.717) is 15.9 Å². The van der Waals surface area contributed by atoms with Crippen LogP contribution in [-0.2, 0) is 24.2 Å². The Labute approximate surface area is 242 Å². The lowest BCUT2D eigenvalue weighted by Crippen LogP contribution is -2.50. The van der Waals surface area contributed by atoms with Crippen molar-refractivity contribution >= 4 is 39.7 Å². The fraction of sp³-hybridized carbons (Fsp3) is 0.429. The predicted octanol–water partition coefficient (Wildman–Crippen LogP) is 4.85. The Hall–Kier alpha value is -3.22. The molecule has 216 valence electrons. The number of thiophene rings is 1. The number of halogens is 4. The Morgan fingerprint density at radius 2 is 1.98 bits per heavy atom. The molecular formula is C28H27ClF3N5O3S. The van der Waals surface area contributed by atoms with Crippen LogP contribution < -0.4 is 5.56 Å². The van der Waals surface area contributed by atoms with Gasteiger partial charge in [0.2, 0.25) is 11.9 Å². The summed E-state index contributed by atoms with van der Waals surface area (Å²) >= 11 is 8.16. The topological polar surface area (TPSA) is 93.2 Å². The van der Waals surface area contributed by atoms with Crippen LogP contribution in [0.2, 0.25) is 5.02 Å². The summed E-state index contributed by atoms with van der Waals surface area (Å²) < 4.78 is 42.5. The molecule has 1 aliphatic carbocycles. The van der Waals surface area contributed by atoms with Gasteiger partial charge in [-0.05, 0) is 43.2 Å². The Kier molecular flexibility index (Phi) is 7.41. The van der Waals surface area contributed by atoms with Gasteiger partial charge in [0.15, 0.2) is 0 Å². The number of hydrogen-bond donors (Lipinski definition) is 1. The summed E-state index contributed by atoms with van der Waals surface area (Å²) in [5.41, 5.74) is 2.27. The summed E-state index contributed by atoms with van der Waals surface area (Å²) in [5.74, 6) is -1.44. The maximum absolute atomic E-state index is 13.6. The number of aromatic nitrogens is 4. The van der Waals surface area contributed by atoms with Crippen LogP contribution in [0, 0.1) is 5.95 Å². The summed E-state index contributed by atoms with van der Waals surface area (Å²) in [6, 6.07) is 3.44. The van der Waals surface area contributed by atoms with Crippen LogP contribution in [0.4, 0.5) is 13.2 Å². The smallest absolute Gasteiger partial charge is 0.262 e. The van der Waals surface area contributed by atoms with Crippen LogP contribution in [0.1, 0.15) is 42.9 Å². The molecule has 1 fully saturated rings. The second kappa shape index (κ2) is 10.9. The fourth-order valence-electron chi connectivity index (χ4n) is 5.82. The highest BCUT2D eigenvalue weighted by atomic mass is 35.5. The number of aliphatic hydroxyl groups is 1. The monoisotopic (exact) mass is 605 g/mol. The Balaban J connectivity index is 1.15. The molecule has 0 radical (unpaired) electrons. The second-order valence-electron chi connectivity index (χ2n) is 10.8. The standard InChI is InChI=1S/C28H27ClF3N5O3S/c29-23-17-3-1-2-16(17)4-5-18(23)25-24-19(13-41-25)27(39)36(15-33-24)14-28(40)7-10-35(11-8-28)22(38)12-20(26(31)32)37-9-6-21(30)34-37/h4-6,9,13,15,20,26,40H,1-3,7-8,10-12,14H2. The van der Waals surface area contributed by atoms with E-state index in [0.717, 1.165) is 52.2 Å². The number of aryl methyl sites for hydroxylation is 1. The van der Waals surface area contributed by atoms with E-state index in [2.05, 4.69) is 16.1 Å². The maximum atomic E-state index is 13.6. The van der Waals surface area contributed by atoms with Crippen molar-refractivity contribution in [3.63, 3.8) is 0 Å². The first-order valence-electron chi connectivity index (χ1n) is 13.4. The number of piperidine rings is 1. The van der Waals surface area contributed by atoms with E-state index in [4.69, 9.17) is 11.6 Å². The Bertz CT molecular complexity index is 1680. The van der Waals surface area contributed by atoms with Gasteiger partial charge in [-0.1, -0.05) is 23.7 Å².